The van der Waals surface area contributed by atoms with E-state index in [1.165, 1.54) is 18.2 Å². The highest BCUT2D eigenvalue weighted by atomic mass is 16.5. The van der Waals surface area contributed by atoms with Gasteiger partial charge in [0.2, 0.25) is 0 Å². The molecule has 0 fully saturated rings. The second kappa shape index (κ2) is 8.22. The number of carbonyl (C=O) groups excluding carboxylic acids is 1. The number of hydrogen-bond donors (Lipinski definition) is 1. The van der Waals surface area contributed by atoms with Crippen molar-refractivity contribution in [3.05, 3.63) is 71.8 Å². The van der Waals surface area contributed by atoms with Gasteiger partial charge in [0.15, 0.2) is 0 Å². The summed E-state index contributed by atoms with van der Waals surface area (Å²) in [5.41, 5.74) is 2.42. The fourth-order valence-corrected chi connectivity index (χ4v) is 2.26. The van der Waals surface area contributed by atoms with E-state index in [0.29, 0.717) is 6.42 Å². The van der Waals surface area contributed by atoms with Gasteiger partial charge in [0.25, 0.3) is 0 Å². The van der Waals surface area contributed by atoms with Crippen LogP contribution in [0.3, 0.4) is 0 Å². The van der Waals surface area contributed by atoms with Gasteiger partial charge in [-0.2, -0.15) is 0 Å². The molecule has 3 nitrogen and oxygen atoms in total. The Labute approximate surface area is 126 Å². The molecular formula is C18H21NO2. The van der Waals surface area contributed by atoms with E-state index in [9.17, 15) is 4.79 Å². The zero-order valence-electron chi connectivity index (χ0n) is 12.3. The van der Waals surface area contributed by atoms with Crippen LogP contribution in [-0.4, -0.2) is 19.1 Å². The lowest BCUT2D eigenvalue weighted by Gasteiger charge is -2.18. The third-order valence-electron chi connectivity index (χ3n) is 3.40. The van der Waals surface area contributed by atoms with Crippen LogP contribution in [0.1, 0.15) is 17.5 Å². The van der Waals surface area contributed by atoms with E-state index >= 15 is 0 Å². The van der Waals surface area contributed by atoms with Crippen LogP contribution in [0.2, 0.25) is 0 Å². The monoisotopic (exact) mass is 283 g/mol. The van der Waals surface area contributed by atoms with Crippen molar-refractivity contribution in [1.82, 2.24) is 5.32 Å². The molecule has 0 radical (unpaired) electrons. The van der Waals surface area contributed by atoms with Crippen LogP contribution in [0.5, 0.6) is 0 Å². The third kappa shape index (κ3) is 5.40. The number of carbonyl (C=O) groups is 1. The lowest BCUT2D eigenvalue weighted by Crippen LogP contribution is -2.33. The summed E-state index contributed by atoms with van der Waals surface area (Å²) in [5.74, 6) is -0.184. The topological polar surface area (TPSA) is 38.3 Å². The minimum atomic E-state index is -0.184. The molecule has 0 heterocycles. The molecule has 1 atom stereocenters. The Balaban J connectivity index is 1.96. The van der Waals surface area contributed by atoms with Gasteiger partial charge in [-0.25, -0.2) is 0 Å². The molecule has 0 bridgehead atoms. The van der Waals surface area contributed by atoms with Crippen LogP contribution >= 0.6 is 0 Å². The molecular weight excluding hydrogens is 262 g/mol. The summed E-state index contributed by atoms with van der Waals surface area (Å²) < 4.78 is 4.79. The zero-order valence-corrected chi connectivity index (χ0v) is 12.3. The van der Waals surface area contributed by atoms with Crippen LogP contribution in [0.4, 0.5) is 0 Å². The first kappa shape index (κ1) is 15.3. The predicted octanol–water partition coefficient (Wildman–Crippen LogP) is 2.95. The van der Waals surface area contributed by atoms with E-state index in [-0.39, 0.29) is 12.0 Å². The van der Waals surface area contributed by atoms with Gasteiger partial charge in [-0.15, -0.1) is 0 Å². The molecule has 0 aromatic heterocycles. The summed E-state index contributed by atoms with van der Waals surface area (Å²) in [4.78, 5) is 11.6. The first-order chi connectivity index (χ1) is 10.3. The average molecular weight is 283 g/mol. The molecule has 0 saturated heterocycles. The van der Waals surface area contributed by atoms with E-state index < -0.39 is 0 Å². The highest BCUT2D eigenvalue weighted by Gasteiger charge is 2.14. The van der Waals surface area contributed by atoms with E-state index in [0.717, 1.165) is 13.0 Å². The van der Waals surface area contributed by atoms with Crippen molar-refractivity contribution in [2.24, 2.45) is 0 Å². The standard InChI is InChI=1S/C18H21NO2/c1-21-18(20)13-17(12-15-8-4-2-5-9-15)19-14-16-10-6-3-7-11-16/h2-11,17,19H,12-14H2,1H3. The number of hydrogen-bond acceptors (Lipinski definition) is 3. The van der Waals surface area contributed by atoms with Crippen molar-refractivity contribution < 1.29 is 9.53 Å². The summed E-state index contributed by atoms with van der Waals surface area (Å²) >= 11 is 0. The van der Waals surface area contributed by atoms with Crippen molar-refractivity contribution in [3.8, 4) is 0 Å². The van der Waals surface area contributed by atoms with Gasteiger partial charge < -0.3 is 10.1 Å². The Morgan fingerprint density at radius 3 is 2.14 bits per heavy atom. The second-order valence-electron chi connectivity index (χ2n) is 5.03. The first-order valence-electron chi connectivity index (χ1n) is 7.16. The van der Waals surface area contributed by atoms with Crippen molar-refractivity contribution in [2.45, 2.75) is 25.4 Å². The highest BCUT2D eigenvalue weighted by Crippen LogP contribution is 2.08. The van der Waals surface area contributed by atoms with Gasteiger partial charge in [-0.3, -0.25) is 4.79 Å². The molecule has 0 aliphatic heterocycles. The number of rotatable bonds is 7. The SMILES string of the molecule is COC(=O)CC(Cc1ccccc1)NCc1ccccc1. The van der Waals surface area contributed by atoms with Crippen molar-refractivity contribution in [3.63, 3.8) is 0 Å². The lowest BCUT2D eigenvalue weighted by molar-refractivity contribution is -0.141. The van der Waals surface area contributed by atoms with Gasteiger partial charge in [-0.1, -0.05) is 60.7 Å². The molecule has 1 N–H and O–H groups in total. The molecule has 2 aromatic rings. The maximum atomic E-state index is 11.6. The van der Waals surface area contributed by atoms with Crippen LogP contribution in [0.25, 0.3) is 0 Å². The summed E-state index contributed by atoms with van der Waals surface area (Å²) in [6.07, 6.45) is 1.18. The molecule has 3 heteroatoms. The Hall–Kier alpha value is -2.13. The van der Waals surface area contributed by atoms with Gasteiger partial charge >= 0.3 is 5.97 Å². The summed E-state index contributed by atoms with van der Waals surface area (Å²) in [7, 11) is 1.43. The zero-order chi connectivity index (χ0) is 14.9. The molecule has 0 aliphatic carbocycles. The normalized spacial score (nSPS) is 11.9. The molecule has 0 saturated carbocycles. The Morgan fingerprint density at radius 1 is 1.00 bits per heavy atom. The van der Waals surface area contributed by atoms with E-state index in [1.54, 1.807) is 0 Å². The van der Waals surface area contributed by atoms with E-state index in [4.69, 9.17) is 4.74 Å². The number of benzene rings is 2. The summed E-state index contributed by atoms with van der Waals surface area (Å²) in [5, 5.41) is 3.45. The molecule has 0 spiro atoms. The fraction of sp³-hybridized carbons (Fsp3) is 0.278. The minimum Gasteiger partial charge on any atom is -0.469 e. The smallest absolute Gasteiger partial charge is 0.307 e. The lowest BCUT2D eigenvalue weighted by atomic mass is 10.0. The van der Waals surface area contributed by atoms with Crippen molar-refractivity contribution in [2.75, 3.05) is 7.11 Å². The first-order valence-corrected chi connectivity index (χ1v) is 7.16. The fourth-order valence-electron chi connectivity index (χ4n) is 2.26. The number of esters is 1. The van der Waals surface area contributed by atoms with E-state index in [1.807, 2.05) is 36.4 Å². The number of nitrogens with one attached hydrogen (secondary N) is 1. The number of methoxy groups -OCH3 is 1. The summed E-state index contributed by atoms with van der Waals surface area (Å²) in [6.45, 7) is 0.745. The largest absolute Gasteiger partial charge is 0.469 e. The molecule has 1 unspecified atom stereocenters. The van der Waals surface area contributed by atoms with Crippen molar-refractivity contribution in [1.29, 1.82) is 0 Å². The minimum absolute atomic E-state index is 0.0695. The average Bonchev–Trinajstić information content (AvgIpc) is 2.54. The molecule has 0 aliphatic rings. The van der Waals surface area contributed by atoms with Crippen LogP contribution < -0.4 is 5.32 Å². The molecule has 21 heavy (non-hydrogen) atoms. The third-order valence-corrected chi connectivity index (χ3v) is 3.40. The molecule has 0 amide bonds. The Bertz CT molecular complexity index is 540. The van der Waals surface area contributed by atoms with Crippen LogP contribution in [0, 0.1) is 0 Å². The molecule has 2 rings (SSSR count). The highest BCUT2D eigenvalue weighted by molar-refractivity contribution is 5.70. The summed E-state index contributed by atoms with van der Waals surface area (Å²) in [6, 6.07) is 20.4. The number of ether oxygens (including phenoxy) is 1. The Kier molecular flexibility index (Phi) is 5.98. The molecule has 110 valence electrons. The predicted molar refractivity (Wildman–Crippen MR) is 83.8 cm³/mol. The Morgan fingerprint density at radius 2 is 1.57 bits per heavy atom. The quantitative estimate of drug-likeness (QED) is 0.794. The van der Waals surface area contributed by atoms with Gasteiger partial charge in [0.1, 0.15) is 0 Å². The van der Waals surface area contributed by atoms with Gasteiger partial charge in [0, 0.05) is 12.6 Å². The van der Waals surface area contributed by atoms with Gasteiger partial charge in [-0.05, 0) is 17.5 Å². The van der Waals surface area contributed by atoms with Crippen molar-refractivity contribution >= 4 is 5.97 Å². The van der Waals surface area contributed by atoms with Crippen LogP contribution in [0.15, 0.2) is 60.7 Å². The second-order valence-corrected chi connectivity index (χ2v) is 5.03. The van der Waals surface area contributed by atoms with Gasteiger partial charge in [0.05, 0.1) is 13.5 Å². The van der Waals surface area contributed by atoms with E-state index in [2.05, 4.69) is 29.6 Å². The maximum absolute atomic E-state index is 11.6. The maximum Gasteiger partial charge on any atom is 0.307 e. The molecule has 2 aromatic carbocycles. The van der Waals surface area contributed by atoms with Crippen LogP contribution in [-0.2, 0) is 22.5 Å².